The Labute approximate surface area is 176 Å². The van der Waals surface area contributed by atoms with Gasteiger partial charge >= 0.3 is 0 Å². The third-order valence-electron chi connectivity index (χ3n) is 4.73. The number of ether oxygens (including phenoxy) is 1. The summed E-state index contributed by atoms with van der Waals surface area (Å²) in [6.07, 6.45) is 1.42. The van der Waals surface area contributed by atoms with Gasteiger partial charge in [-0.25, -0.2) is 0 Å². The molecule has 0 saturated carbocycles. The van der Waals surface area contributed by atoms with Gasteiger partial charge in [0.1, 0.15) is 23.7 Å². The number of halogens is 1. The molecule has 1 heterocycles. The molecule has 152 valence electrons. The van der Waals surface area contributed by atoms with Gasteiger partial charge in [0.15, 0.2) is 0 Å². The van der Waals surface area contributed by atoms with Gasteiger partial charge in [0.25, 0.3) is 5.91 Å². The van der Waals surface area contributed by atoms with Crippen LogP contribution in [0.3, 0.4) is 0 Å². The minimum atomic E-state index is -0.222. The zero-order valence-electron chi connectivity index (χ0n) is 17.1. The predicted octanol–water partition coefficient (Wildman–Crippen LogP) is 5.44. The Hall–Kier alpha value is -2.79. The number of aromatic nitrogens is 1. The molecule has 29 heavy (non-hydrogen) atoms. The molecule has 3 rings (SSSR count). The molecule has 0 saturated heterocycles. The highest BCUT2D eigenvalue weighted by molar-refractivity contribution is 6.32. The number of rotatable bonds is 6. The van der Waals surface area contributed by atoms with Crippen LogP contribution in [0.15, 0.2) is 53.2 Å². The summed E-state index contributed by atoms with van der Waals surface area (Å²) in [7, 11) is 0. The molecule has 5 nitrogen and oxygen atoms in total. The first-order chi connectivity index (χ1) is 13.8. The number of carbonyl (C=O) groups excluding carboxylic acids is 1. The molecule has 3 aromatic rings. The Balaban J connectivity index is 1.67. The number of nitrogens with zero attached hydrogens (tertiary/aromatic N) is 1. The smallest absolute Gasteiger partial charge is 0.256 e. The quantitative estimate of drug-likeness (QED) is 0.585. The monoisotopic (exact) mass is 412 g/mol. The van der Waals surface area contributed by atoms with E-state index in [1.807, 2.05) is 42.5 Å². The Morgan fingerprint density at radius 2 is 1.90 bits per heavy atom. The zero-order valence-corrected chi connectivity index (χ0v) is 17.8. The summed E-state index contributed by atoms with van der Waals surface area (Å²) in [4.78, 5) is 12.3. The van der Waals surface area contributed by atoms with Crippen molar-refractivity contribution in [3.05, 3.63) is 81.7 Å². The van der Waals surface area contributed by atoms with E-state index in [0.717, 1.165) is 16.7 Å². The molecule has 0 fully saturated rings. The predicted molar refractivity (Wildman–Crippen MR) is 113 cm³/mol. The van der Waals surface area contributed by atoms with Crippen molar-refractivity contribution >= 4 is 17.5 Å². The lowest BCUT2D eigenvalue weighted by Crippen LogP contribution is -2.23. The Kier molecular flexibility index (Phi) is 6.28. The first-order valence-electron chi connectivity index (χ1n) is 9.45. The van der Waals surface area contributed by atoms with Crippen LogP contribution in [-0.4, -0.2) is 11.1 Å². The van der Waals surface area contributed by atoms with E-state index >= 15 is 0 Å². The Morgan fingerprint density at radius 1 is 1.17 bits per heavy atom. The minimum Gasteiger partial charge on any atom is -0.487 e. The molecule has 0 spiro atoms. The lowest BCUT2D eigenvalue weighted by Gasteiger charge is -2.20. The first kappa shape index (κ1) is 20.9. The van der Waals surface area contributed by atoms with Gasteiger partial charge in [0.05, 0.1) is 11.2 Å². The highest BCUT2D eigenvalue weighted by Gasteiger charge is 2.16. The van der Waals surface area contributed by atoms with E-state index in [4.69, 9.17) is 20.9 Å². The molecule has 1 aromatic heterocycles. The van der Waals surface area contributed by atoms with Crippen molar-refractivity contribution < 1.29 is 14.1 Å². The van der Waals surface area contributed by atoms with Gasteiger partial charge in [-0.1, -0.05) is 67.9 Å². The fourth-order valence-corrected chi connectivity index (χ4v) is 3.13. The van der Waals surface area contributed by atoms with Crippen LogP contribution in [0.4, 0.5) is 0 Å². The third-order valence-corrected chi connectivity index (χ3v) is 5.03. The highest BCUT2D eigenvalue weighted by Crippen LogP contribution is 2.31. The zero-order chi connectivity index (χ0) is 21.0. The summed E-state index contributed by atoms with van der Waals surface area (Å²) in [6, 6.07) is 13.7. The van der Waals surface area contributed by atoms with Crippen molar-refractivity contribution in [3.8, 4) is 5.75 Å². The van der Waals surface area contributed by atoms with Crippen LogP contribution in [0, 0.1) is 6.92 Å². The molecule has 1 amide bonds. The number of hydrogen-bond donors (Lipinski definition) is 1. The number of carbonyl (C=O) groups is 1. The average Bonchev–Trinajstić information content (AvgIpc) is 3.11. The van der Waals surface area contributed by atoms with Gasteiger partial charge in [-0.3, -0.25) is 4.79 Å². The van der Waals surface area contributed by atoms with E-state index in [1.54, 1.807) is 6.92 Å². The Bertz CT molecular complexity index is 1010. The lowest BCUT2D eigenvalue weighted by atomic mass is 9.87. The van der Waals surface area contributed by atoms with Crippen molar-refractivity contribution in [1.82, 2.24) is 10.5 Å². The van der Waals surface area contributed by atoms with Crippen molar-refractivity contribution in [1.29, 1.82) is 0 Å². The van der Waals surface area contributed by atoms with Crippen molar-refractivity contribution in [2.75, 3.05) is 0 Å². The van der Waals surface area contributed by atoms with Crippen molar-refractivity contribution in [3.63, 3.8) is 0 Å². The molecule has 0 unspecified atom stereocenters. The van der Waals surface area contributed by atoms with Crippen LogP contribution in [0.5, 0.6) is 5.75 Å². The SMILES string of the molecule is Cc1oncc1C(=O)NCc1ccccc1COc1ccc(C(C)(C)C)cc1Cl. The number of aryl methyl sites for hydroxylation is 1. The summed E-state index contributed by atoms with van der Waals surface area (Å²) in [5.41, 5.74) is 3.56. The standard InChI is InChI=1S/C23H25ClN2O3/c1-15-19(13-26-29-15)22(27)25-12-16-7-5-6-8-17(16)14-28-21-10-9-18(11-20(21)24)23(2,3)4/h5-11,13H,12,14H2,1-4H3,(H,25,27). The number of benzene rings is 2. The van der Waals surface area contributed by atoms with Crippen LogP contribution in [0.25, 0.3) is 0 Å². The Morgan fingerprint density at radius 3 is 2.52 bits per heavy atom. The summed E-state index contributed by atoms with van der Waals surface area (Å²) in [5, 5.41) is 7.12. The molecule has 1 N–H and O–H groups in total. The molecule has 0 atom stereocenters. The van der Waals surface area contributed by atoms with E-state index in [1.165, 1.54) is 6.20 Å². The maximum atomic E-state index is 12.3. The second kappa shape index (κ2) is 8.70. The van der Waals surface area contributed by atoms with Crippen molar-refractivity contribution in [2.24, 2.45) is 0 Å². The van der Waals surface area contributed by atoms with Crippen molar-refractivity contribution in [2.45, 2.75) is 46.3 Å². The van der Waals surface area contributed by atoms with Gasteiger partial charge < -0.3 is 14.6 Å². The first-order valence-corrected chi connectivity index (χ1v) is 9.82. The van der Waals surface area contributed by atoms with Crippen LogP contribution in [0.2, 0.25) is 5.02 Å². The van der Waals surface area contributed by atoms with Crippen LogP contribution in [-0.2, 0) is 18.6 Å². The average molecular weight is 413 g/mol. The topological polar surface area (TPSA) is 64.4 Å². The summed E-state index contributed by atoms with van der Waals surface area (Å²) in [6.45, 7) is 8.87. The number of nitrogens with one attached hydrogen (secondary N) is 1. The second-order valence-corrected chi connectivity index (χ2v) is 8.34. The number of amides is 1. The molecule has 0 aliphatic carbocycles. The maximum absolute atomic E-state index is 12.3. The molecule has 2 aromatic carbocycles. The molecular weight excluding hydrogens is 388 g/mol. The largest absolute Gasteiger partial charge is 0.487 e. The fourth-order valence-electron chi connectivity index (χ4n) is 2.90. The molecule has 0 bridgehead atoms. The van der Waals surface area contributed by atoms with Crippen LogP contribution < -0.4 is 10.1 Å². The van der Waals surface area contributed by atoms with E-state index in [0.29, 0.717) is 35.2 Å². The van der Waals surface area contributed by atoms with E-state index in [2.05, 4.69) is 31.2 Å². The third kappa shape index (κ3) is 5.18. The molecule has 6 heteroatoms. The maximum Gasteiger partial charge on any atom is 0.256 e. The molecule has 0 aliphatic heterocycles. The minimum absolute atomic E-state index is 0.0236. The van der Waals surface area contributed by atoms with Gasteiger partial charge in [-0.15, -0.1) is 0 Å². The summed E-state index contributed by atoms with van der Waals surface area (Å²) >= 11 is 6.42. The second-order valence-electron chi connectivity index (χ2n) is 7.93. The summed E-state index contributed by atoms with van der Waals surface area (Å²) in [5.74, 6) is 0.909. The van der Waals surface area contributed by atoms with Gasteiger partial charge in [0, 0.05) is 6.54 Å². The number of hydrogen-bond acceptors (Lipinski definition) is 4. The molecular formula is C23H25ClN2O3. The van der Waals surface area contributed by atoms with Gasteiger partial charge in [0.2, 0.25) is 0 Å². The van der Waals surface area contributed by atoms with E-state index in [9.17, 15) is 4.79 Å². The van der Waals surface area contributed by atoms with Crippen LogP contribution >= 0.6 is 11.6 Å². The van der Waals surface area contributed by atoms with E-state index in [-0.39, 0.29) is 11.3 Å². The van der Waals surface area contributed by atoms with Crippen LogP contribution in [0.1, 0.15) is 53.6 Å². The molecule has 0 aliphatic rings. The normalized spacial score (nSPS) is 11.3. The van der Waals surface area contributed by atoms with Gasteiger partial charge in [-0.2, -0.15) is 0 Å². The fraction of sp³-hybridized carbons (Fsp3) is 0.304. The van der Waals surface area contributed by atoms with Gasteiger partial charge in [-0.05, 0) is 41.2 Å². The lowest BCUT2D eigenvalue weighted by molar-refractivity contribution is 0.0949. The van der Waals surface area contributed by atoms with E-state index < -0.39 is 0 Å². The molecule has 0 radical (unpaired) electrons. The summed E-state index contributed by atoms with van der Waals surface area (Å²) < 4.78 is 10.9. The highest BCUT2D eigenvalue weighted by atomic mass is 35.5.